The van der Waals surface area contributed by atoms with E-state index in [9.17, 15) is 4.79 Å². The second-order valence-electron chi connectivity index (χ2n) is 7.96. The lowest BCUT2D eigenvalue weighted by Crippen LogP contribution is -1.93. The molecule has 148 valence electrons. The van der Waals surface area contributed by atoms with Gasteiger partial charge in [-0.2, -0.15) is 0 Å². The predicted molar refractivity (Wildman–Crippen MR) is 119 cm³/mol. The van der Waals surface area contributed by atoms with Crippen LogP contribution in [0.4, 0.5) is 0 Å². The Balaban J connectivity index is 1.33. The zero-order valence-electron chi connectivity index (χ0n) is 16.8. The molecule has 0 radical (unpaired) electrons. The van der Waals surface area contributed by atoms with Crippen molar-refractivity contribution in [2.24, 2.45) is 0 Å². The number of hydrogen-bond donors (Lipinski definition) is 1. The van der Waals surface area contributed by atoms with Crippen molar-refractivity contribution in [3.05, 3.63) is 60.2 Å². The van der Waals surface area contributed by atoms with Crippen LogP contribution in [0.2, 0.25) is 0 Å². The van der Waals surface area contributed by atoms with E-state index in [4.69, 9.17) is 5.11 Å². The van der Waals surface area contributed by atoms with Gasteiger partial charge in [0, 0.05) is 6.42 Å². The second-order valence-corrected chi connectivity index (χ2v) is 7.96. The van der Waals surface area contributed by atoms with Gasteiger partial charge in [0.25, 0.3) is 0 Å². The molecule has 0 spiro atoms. The molecule has 0 unspecified atom stereocenters. The molecule has 28 heavy (non-hydrogen) atoms. The number of fused-ring (bicyclic) bond motifs is 2. The van der Waals surface area contributed by atoms with E-state index in [1.165, 1.54) is 72.1 Å². The summed E-state index contributed by atoms with van der Waals surface area (Å²) in [6.07, 6.45) is 12.3. The zero-order valence-corrected chi connectivity index (χ0v) is 16.8. The molecule has 1 N–H and O–H groups in total. The third-order valence-corrected chi connectivity index (χ3v) is 5.63. The van der Waals surface area contributed by atoms with Gasteiger partial charge in [0.1, 0.15) is 0 Å². The Kier molecular flexibility index (Phi) is 7.90. The summed E-state index contributed by atoms with van der Waals surface area (Å²) in [6.45, 7) is 0. The molecule has 0 aliphatic rings. The smallest absolute Gasteiger partial charge is 0.303 e. The number of carboxylic acids is 1. The van der Waals surface area contributed by atoms with Crippen LogP contribution in [0, 0.1) is 0 Å². The van der Waals surface area contributed by atoms with Gasteiger partial charge in [-0.1, -0.05) is 87.4 Å². The zero-order chi connectivity index (χ0) is 19.6. The maximum atomic E-state index is 10.5. The average Bonchev–Trinajstić information content (AvgIpc) is 2.70. The van der Waals surface area contributed by atoms with E-state index >= 15 is 0 Å². The standard InChI is InChI=1S/C26H32O2/c27-26(28)15-9-7-5-3-1-2-4-6-8-12-21-16-17-24-19-22-13-10-11-14-23(22)20-25(24)18-21/h10-11,13-14,16-20H,1-9,12,15H2,(H,27,28). The van der Waals surface area contributed by atoms with Gasteiger partial charge in [0.2, 0.25) is 0 Å². The van der Waals surface area contributed by atoms with Crippen molar-refractivity contribution in [1.29, 1.82) is 0 Å². The molecule has 2 heteroatoms. The molecule has 2 nitrogen and oxygen atoms in total. The summed E-state index contributed by atoms with van der Waals surface area (Å²) in [7, 11) is 0. The quantitative estimate of drug-likeness (QED) is 0.262. The Morgan fingerprint density at radius 1 is 0.607 bits per heavy atom. The van der Waals surface area contributed by atoms with Gasteiger partial charge < -0.3 is 5.11 Å². The van der Waals surface area contributed by atoms with Gasteiger partial charge in [-0.25, -0.2) is 0 Å². The van der Waals surface area contributed by atoms with Crippen molar-refractivity contribution in [3.8, 4) is 0 Å². The van der Waals surface area contributed by atoms with Gasteiger partial charge >= 0.3 is 5.97 Å². The maximum Gasteiger partial charge on any atom is 0.303 e. The minimum atomic E-state index is -0.667. The van der Waals surface area contributed by atoms with Crippen LogP contribution >= 0.6 is 0 Å². The number of benzene rings is 3. The molecule has 0 bridgehead atoms. The predicted octanol–water partition coefficient (Wildman–Crippen LogP) is 7.52. The summed E-state index contributed by atoms with van der Waals surface area (Å²) in [5, 5.41) is 13.9. The number of unbranched alkanes of at least 4 members (excludes halogenated alkanes) is 8. The van der Waals surface area contributed by atoms with E-state index < -0.39 is 5.97 Å². The number of hydrogen-bond acceptors (Lipinski definition) is 1. The minimum Gasteiger partial charge on any atom is -0.481 e. The summed E-state index contributed by atoms with van der Waals surface area (Å²) in [4.78, 5) is 10.5. The number of aryl methyl sites for hydroxylation is 1. The number of carbonyl (C=O) groups is 1. The fourth-order valence-corrected chi connectivity index (χ4v) is 3.99. The van der Waals surface area contributed by atoms with Crippen LogP contribution in [-0.2, 0) is 11.2 Å². The summed E-state index contributed by atoms with van der Waals surface area (Å²) in [5.74, 6) is -0.667. The summed E-state index contributed by atoms with van der Waals surface area (Å²) >= 11 is 0. The van der Waals surface area contributed by atoms with Crippen LogP contribution in [0.3, 0.4) is 0 Å². The highest BCUT2D eigenvalue weighted by Gasteiger charge is 2.01. The molecule has 0 saturated heterocycles. The lowest BCUT2D eigenvalue weighted by Gasteiger charge is -2.06. The van der Waals surface area contributed by atoms with Crippen molar-refractivity contribution >= 4 is 27.5 Å². The van der Waals surface area contributed by atoms with Crippen LogP contribution in [-0.4, -0.2) is 11.1 Å². The lowest BCUT2D eigenvalue weighted by atomic mass is 9.99. The molecule has 0 aromatic heterocycles. The number of aliphatic carboxylic acids is 1. The molecule has 3 aromatic carbocycles. The lowest BCUT2D eigenvalue weighted by molar-refractivity contribution is -0.137. The highest BCUT2D eigenvalue weighted by Crippen LogP contribution is 2.24. The molecular weight excluding hydrogens is 344 g/mol. The highest BCUT2D eigenvalue weighted by molar-refractivity contribution is 5.98. The van der Waals surface area contributed by atoms with Crippen LogP contribution in [0.25, 0.3) is 21.5 Å². The molecule has 3 rings (SSSR count). The third-order valence-electron chi connectivity index (χ3n) is 5.63. The van der Waals surface area contributed by atoms with Gasteiger partial charge in [0.15, 0.2) is 0 Å². The normalized spacial score (nSPS) is 11.3. The fraction of sp³-hybridized carbons (Fsp3) is 0.423. The SMILES string of the molecule is O=C(O)CCCCCCCCCCCc1ccc2cc3ccccc3cc2c1. The Hall–Kier alpha value is -2.35. The molecule has 0 saturated carbocycles. The van der Waals surface area contributed by atoms with E-state index in [0.29, 0.717) is 6.42 Å². The minimum absolute atomic E-state index is 0.324. The monoisotopic (exact) mass is 376 g/mol. The van der Waals surface area contributed by atoms with Crippen molar-refractivity contribution in [1.82, 2.24) is 0 Å². The molecule has 0 aliphatic carbocycles. The first-order valence-corrected chi connectivity index (χ1v) is 10.9. The van der Waals surface area contributed by atoms with E-state index in [-0.39, 0.29) is 0 Å². The molecule has 0 heterocycles. The first-order chi connectivity index (χ1) is 13.7. The van der Waals surface area contributed by atoms with Crippen LogP contribution < -0.4 is 0 Å². The molecule has 0 atom stereocenters. The van der Waals surface area contributed by atoms with Gasteiger partial charge in [-0.05, 0) is 58.5 Å². The number of rotatable bonds is 12. The van der Waals surface area contributed by atoms with Crippen LogP contribution in [0.5, 0.6) is 0 Å². The largest absolute Gasteiger partial charge is 0.481 e. The third kappa shape index (κ3) is 6.37. The van der Waals surface area contributed by atoms with Crippen molar-refractivity contribution in [3.63, 3.8) is 0 Å². The number of carboxylic acid groups (broad SMARTS) is 1. The van der Waals surface area contributed by atoms with Crippen molar-refractivity contribution < 1.29 is 9.90 Å². The van der Waals surface area contributed by atoms with E-state index in [2.05, 4.69) is 54.6 Å². The van der Waals surface area contributed by atoms with E-state index in [1.54, 1.807) is 0 Å². The van der Waals surface area contributed by atoms with Crippen molar-refractivity contribution in [2.75, 3.05) is 0 Å². The van der Waals surface area contributed by atoms with Gasteiger partial charge in [0.05, 0.1) is 0 Å². The van der Waals surface area contributed by atoms with E-state index in [0.717, 1.165) is 19.3 Å². The Morgan fingerprint density at radius 3 is 1.79 bits per heavy atom. The van der Waals surface area contributed by atoms with Crippen molar-refractivity contribution in [2.45, 2.75) is 70.6 Å². The van der Waals surface area contributed by atoms with Gasteiger partial charge in [-0.15, -0.1) is 0 Å². The topological polar surface area (TPSA) is 37.3 Å². The molecular formula is C26H32O2. The molecule has 0 fully saturated rings. The molecule has 0 aliphatic heterocycles. The fourth-order valence-electron chi connectivity index (χ4n) is 3.99. The average molecular weight is 377 g/mol. The van der Waals surface area contributed by atoms with E-state index in [1.807, 2.05) is 0 Å². The molecule has 3 aromatic rings. The first-order valence-electron chi connectivity index (χ1n) is 10.9. The van der Waals surface area contributed by atoms with Crippen LogP contribution in [0.15, 0.2) is 54.6 Å². The maximum absolute atomic E-state index is 10.5. The summed E-state index contributed by atoms with van der Waals surface area (Å²) < 4.78 is 0. The molecule has 0 amide bonds. The summed E-state index contributed by atoms with van der Waals surface area (Å²) in [5.41, 5.74) is 1.45. The first kappa shape index (κ1) is 20.4. The van der Waals surface area contributed by atoms with Crippen LogP contribution in [0.1, 0.15) is 69.8 Å². The highest BCUT2D eigenvalue weighted by atomic mass is 16.4. The second kappa shape index (κ2) is 10.8. The Labute approximate surface area is 168 Å². The Morgan fingerprint density at radius 2 is 1.14 bits per heavy atom. The Bertz CT molecular complexity index is 897. The van der Waals surface area contributed by atoms with Gasteiger partial charge in [-0.3, -0.25) is 4.79 Å². The summed E-state index contributed by atoms with van der Waals surface area (Å²) in [6, 6.07) is 20.1.